The molecule has 11 heteroatoms. The number of nitrogens with zero attached hydrogens (tertiary/aromatic N) is 7. The number of carbonyl (C=O) groups is 1. The number of likely N-dealkylation sites (tertiary alicyclic amines) is 1. The summed E-state index contributed by atoms with van der Waals surface area (Å²) < 4.78 is 12.1. The summed E-state index contributed by atoms with van der Waals surface area (Å²) in [6.45, 7) is 16.8. The van der Waals surface area contributed by atoms with Crippen LogP contribution in [0.5, 0.6) is 0 Å². The number of amides is 1. The second-order valence-electron chi connectivity index (χ2n) is 9.95. The van der Waals surface area contributed by atoms with E-state index in [1.807, 2.05) is 20.8 Å². The van der Waals surface area contributed by atoms with Gasteiger partial charge in [-0.1, -0.05) is 31.0 Å². The van der Waals surface area contributed by atoms with Crippen LogP contribution in [0, 0.1) is 0 Å². The Morgan fingerprint density at radius 1 is 1.21 bits per heavy atom. The Kier molecular flexibility index (Phi) is 8.41. The van der Waals surface area contributed by atoms with Crippen molar-refractivity contribution in [1.29, 1.82) is 0 Å². The first-order chi connectivity index (χ1) is 13.2. The Bertz CT molecular complexity index is 674. The van der Waals surface area contributed by atoms with Gasteiger partial charge >= 0.3 is 6.09 Å². The van der Waals surface area contributed by atoms with Gasteiger partial charge in [0.2, 0.25) is 0 Å². The third-order valence-corrected chi connectivity index (χ3v) is 9.97. The molecule has 0 radical (unpaired) electrons. The second-order valence-corrected chi connectivity index (χ2v) is 14.7. The third-order valence-electron chi connectivity index (χ3n) is 5.43. The Morgan fingerprint density at radius 3 is 2.31 bits per heavy atom. The highest BCUT2D eigenvalue weighted by Crippen LogP contribution is 2.39. The fourth-order valence-corrected chi connectivity index (χ4v) is 4.39. The first-order valence-corrected chi connectivity index (χ1v) is 12.8. The topological polar surface area (TPSA) is 136 Å². The first kappa shape index (κ1) is 25.1. The van der Waals surface area contributed by atoms with E-state index in [0.29, 0.717) is 19.4 Å². The molecule has 1 amide bonds. The van der Waals surface area contributed by atoms with E-state index in [1.165, 1.54) is 0 Å². The molecule has 1 heterocycles. The van der Waals surface area contributed by atoms with Crippen molar-refractivity contribution in [2.45, 2.75) is 96.3 Å². The normalized spacial score (nSPS) is 21.2. The number of rotatable bonds is 7. The van der Waals surface area contributed by atoms with Gasteiger partial charge < -0.3 is 14.1 Å². The van der Waals surface area contributed by atoms with Crippen molar-refractivity contribution < 1.29 is 14.0 Å². The maximum Gasteiger partial charge on any atom is 0.410 e. The van der Waals surface area contributed by atoms with E-state index in [9.17, 15) is 4.79 Å². The van der Waals surface area contributed by atoms with Crippen LogP contribution in [0.25, 0.3) is 20.9 Å². The Morgan fingerprint density at radius 2 is 1.83 bits per heavy atom. The lowest BCUT2D eigenvalue weighted by Gasteiger charge is -2.38. The number of ether oxygens (including phenoxy) is 1. The molecule has 1 rings (SSSR count). The zero-order valence-electron chi connectivity index (χ0n) is 18.9. The average Bonchev–Trinajstić information content (AvgIpc) is 2.94. The number of hydrogen-bond acceptors (Lipinski definition) is 5. The summed E-state index contributed by atoms with van der Waals surface area (Å²) in [5.41, 5.74) is 16.9. The molecule has 1 fully saturated rings. The summed E-state index contributed by atoms with van der Waals surface area (Å²) in [6.07, 6.45) is 0.284. The van der Waals surface area contributed by atoms with Crippen LogP contribution in [0.15, 0.2) is 10.2 Å². The van der Waals surface area contributed by atoms with E-state index in [2.05, 4.69) is 53.9 Å². The van der Waals surface area contributed by atoms with Gasteiger partial charge in [0.05, 0.1) is 12.1 Å². The van der Waals surface area contributed by atoms with Crippen LogP contribution in [-0.2, 0) is 9.16 Å². The van der Waals surface area contributed by atoms with Crippen molar-refractivity contribution in [2.24, 2.45) is 10.2 Å². The Labute approximate surface area is 174 Å². The largest absolute Gasteiger partial charge is 0.444 e. The van der Waals surface area contributed by atoms with Crippen molar-refractivity contribution in [2.75, 3.05) is 13.1 Å². The zero-order valence-corrected chi connectivity index (χ0v) is 19.9. The monoisotopic (exact) mass is 425 g/mol. The lowest BCUT2D eigenvalue weighted by molar-refractivity contribution is 0.0191. The van der Waals surface area contributed by atoms with Crippen LogP contribution in [0.1, 0.15) is 54.4 Å². The fourth-order valence-electron chi connectivity index (χ4n) is 3.03. The van der Waals surface area contributed by atoms with Gasteiger partial charge in [-0.2, -0.15) is 0 Å². The number of carbonyl (C=O) groups excluding carboxylic acids is 1. The summed E-state index contributed by atoms with van der Waals surface area (Å²) in [6, 6.07) is -0.893. The van der Waals surface area contributed by atoms with E-state index in [1.54, 1.807) is 4.90 Å². The van der Waals surface area contributed by atoms with E-state index in [-0.39, 0.29) is 23.7 Å². The highest BCUT2D eigenvalue weighted by atomic mass is 28.4. The Hall–Kier alpha value is -1.93. The fraction of sp³-hybridized carbons (Fsp3) is 0.944. The molecule has 3 atom stereocenters. The minimum Gasteiger partial charge on any atom is -0.444 e. The lowest BCUT2D eigenvalue weighted by atomic mass is 10.0. The average molecular weight is 426 g/mol. The Balaban J connectivity index is 3.13. The SMILES string of the molecule is CC(C)(C)OC(=O)N1C[C@H](O[Si](C)(C)C(C)(C)C)C[C@H]1C(CCN=[N+]=[N-])N=[N+]=[N-]. The van der Waals surface area contributed by atoms with E-state index >= 15 is 0 Å². The summed E-state index contributed by atoms with van der Waals surface area (Å²) in [7, 11) is -2.04. The first-order valence-electron chi connectivity index (χ1n) is 9.94. The van der Waals surface area contributed by atoms with Gasteiger partial charge in [0.25, 0.3) is 0 Å². The van der Waals surface area contributed by atoms with Gasteiger partial charge in [-0.3, -0.25) is 0 Å². The third kappa shape index (κ3) is 7.43. The van der Waals surface area contributed by atoms with Crippen LogP contribution < -0.4 is 0 Å². The summed E-state index contributed by atoms with van der Waals surface area (Å²) >= 11 is 0. The van der Waals surface area contributed by atoms with Crippen LogP contribution in [0.2, 0.25) is 18.1 Å². The van der Waals surface area contributed by atoms with Crippen molar-refractivity contribution in [3.05, 3.63) is 20.9 Å². The van der Waals surface area contributed by atoms with Crippen LogP contribution in [0.4, 0.5) is 4.79 Å². The van der Waals surface area contributed by atoms with Crippen molar-refractivity contribution in [3.63, 3.8) is 0 Å². The second kappa shape index (κ2) is 9.71. The van der Waals surface area contributed by atoms with Crippen LogP contribution in [-0.4, -0.2) is 56.2 Å². The molecule has 10 nitrogen and oxygen atoms in total. The quantitative estimate of drug-likeness (QED) is 0.222. The summed E-state index contributed by atoms with van der Waals surface area (Å²) in [5.74, 6) is 0. The van der Waals surface area contributed by atoms with Crippen LogP contribution in [0.3, 0.4) is 0 Å². The highest BCUT2D eigenvalue weighted by Gasteiger charge is 2.46. The summed E-state index contributed by atoms with van der Waals surface area (Å²) in [4.78, 5) is 20.2. The molecule has 0 bridgehead atoms. The number of hydrogen-bond donors (Lipinski definition) is 0. The van der Waals surface area contributed by atoms with Gasteiger partial charge in [0.15, 0.2) is 8.32 Å². The maximum atomic E-state index is 12.9. The molecule has 0 spiro atoms. The molecule has 0 saturated carbocycles. The van der Waals surface area contributed by atoms with Gasteiger partial charge in [-0.15, -0.1) is 0 Å². The molecule has 0 aliphatic carbocycles. The smallest absolute Gasteiger partial charge is 0.410 e. The zero-order chi connectivity index (χ0) is 22.5. The van der Waals surface area contributed by atoms with Gasteiger partial charge in [-0.25, -0.2) is 4.79 Å². The maximum absolute atomic E-state index is 12.9. The van der Waals surface area contributed by atoms with Gasteiger partial charge in [0, 0.05) is 29.0 Å². The molecule has 0 aromatic carbocycles. The molecule has 1 aliphatic heterocycles. The molecule has 29 heavy (non-hydrogen) atoms. The van der Waals surface area contributed by atoms with Crippen LogP contribution >= 0.6 is 0 Å². The van der Waals surface area contributed by atoms with Crippen molar-refractivity contribution in [3.8, 4) is 0 Å². The predicted molar refractivity (Wildman–Crippen MR) is 115 cm³/mol. The molecule has 0 N–H and O–H groups in total. The molecule has 0 aromatic heterocycles. The van der Waals surface area contributed by atoms with E-state index in [0.717, 1.165) is 0 Å². The molecule has 1 saturated heterocycles. The standard InChI is InChI=1S/C18H35N7O3Si/c1-17(2,3)27-16(26)25-12-13(28-29(7,8)18(4,5)6)11-15(25)14(22-24-20)9-10-21-23-19/h13-15H,9-12H2,1-8H3/t13-,14?,15+/m1/s1. The van der Waals surface area contributed by atoms with Crippen molar-refractivity contribution in [1.82, 2.24) is 4.90 Å². The van der Waals surface area contributed by atoms with Crippen molar-refractivity contribution >= 4 is 14.4 Å². The predicted octanol–water partition coefficient (Wildman–Crippen LogP) is 5.77. The molecular weight excluding hydrogens is 390 g/mol. The molecule has 1 unspecified atom stereocenters. The molecule has 164 valence electrons. The van der Waals surface area contributed by atoms with E-state index < -0.39 is 26.1 Å². The minimum absolute atomic E-state index is 0.0353. The highest BCUT2D eigenvalue weighted by molar-refractivity contribution is 6.74. The minimum atomic E-state index is -2.04. The molecular formula is C18H35N7O3Si. The van der Waals surface area contributed by atoms with E-state index in [4.69, 9.17) is 20.2 Å². The molecule has 0 aromatic rings. The molecule has 1 aliphatic rings. The summed E-state index contributed by atoms with van der Waals surface area (Å²) in [5, 5.41) is 7.47. The lowest BCUT2D eigenvalue weighted by Crippen LogP contribution is -2.46. The van der Waals surface area contributed by atoms with Gasteiger partial charge in [0.1, 0.15) is 5.60 Å². The van der Waals surface area contributed by atoms with Gasteiger partial charge in [-0.05, 0) is 62.8 Å². The number of azide groups is 2.